The fourth-order valence-electron chi connectivity index (χ4n) is 1.55. The molecule has 0 aliphatic rings. The Morgan fingerprint density at radius 1 is 1.29 bits per heavy atom. The maximum absolute atomic E-state index is 5.93. The Kier molecular flexibility index (Phi) is 4.39. The summed E-state index contributed by atoms with van der Waals surface area (Å²) in [4.78, 5) is 8.90. The number of hydrogen-bond acceptors (Lipinski definition) is 5. The molecule has 2 rings (SSSR count). The molecular formula is C11H14ClN3S2. The number of thiazole rings is 1. The summed E-state index contributed by atoms with van der Waals surface area (Å²) in [6.07, 6.45) is 1.85. The van der Waals surface area contributed by atoms with E-state index >= 15 is 0 Å². The topological polar surface area (TPSA) is 42.2 Å². The van der Waals surface area contributed by atoms with Gasteiger partial charge < -0.3 is 5.73 Å². The highest BCUT2D eigenvalue weighted by atomic mass is 35.5. The zero-order chi connectivity index (χ0) is 12.3. The first-order chi connectivity index (χ1) is 8.17. The van der Waals surface area contributed by atoms with E-state index in [9.17, 15) is 0 Å². The fraction of sp³-hybridized carbons (Fsp3) is 0.364. The number of nitrogens with two attached hydrogens (primary N) is 1. The molecule has 3 nitrogen and oxygen atoms in total. The largest absolute Gasteiger partial charge is 0.375 e. The van der Waals surface area contributed by atoms with Crippen LogP contribution in [-0.2, 0) is 13.1 Å². The highest BCUT2D eigenvalue weighted by molar-refractivity contribution is 7.16. The number of anilines is 1. The van der Waals surface area contributed by atoms with E-state index in [2.05, 4.69) is 22.9 Å². The molecule has 2 N–H and O–H groups in total. The third kappa shape index (κ3) is 3.67. The van der Waals surface area contributed by atoms with Gasteiger partial charge in [0.25, 0.3) is 0 Å². The van der Waals surface area contributed by atoms with E-state index in [1.54, 1.807) is 22.7 Å². The van der Waals surface area contributed by atoms with Gasteiger partial charge in [-0.25, -0.2) is 4.98 Å². The lowest BCUT2D eigenvalue weighted by Crippen LogP contribution is -2.21. The van der Waals surface area contributed by atoms with E-state index in [1.165, 1.54) is 9.75 Å². The number of rotatable bonds is 5. The van der Waals surface area contributed by atoms with Crippen LogP contribution in [0.2, 0.25) is 4.34 Å². The molecule has 0 saturated carbocycles. The molecule has 0 atom stereocenters. The maximum Gasteiger partial charge on any atom is 0.180 e. The van der Waals surface area contributed by atoms with Crippen molar-refractivity contribution in [2.75, 3.05) is 12.3 Å². The molecule has 0 radical (unpaired) electrons. The molecule has 0 aliphatic carbocycles. The molecule has 2 heterocycles. The van der Waals surface area contributed by atoms with E-state index in [-0.39, 0.29) is 0 Å². The first-order valence-electron chi connectivity index (χ1n) is 5.34. The Morgan fingerprint density at radius 3 is 2.59 bits per heavy atom. The molecule has 0 fully saturated rings. The quantitative estimate of drug-likeness (QED) is 0.916. The number of thiophene rings is 1. The molecule has 0 amide bonds. The Morgan fingerprint density at radius 2 is 2.06 bits per heavy atom. The number of nitrogens with zero attached hydrogens (tertiary/aromatic N) is 2. The van der Waals surface area contributed by atoms with Crippen molar-refractivity contribution in [1.82, 2.24) is 9.88 Å². The third-order valence-corrected chi connectivity index (χ3v) is 4.43. The van der Waals surface area contributed by atoms with Crippen LogP contribution in [0.25, 0.3) is 0 Å². The van der Waals surface area contributed by atoms with Gasteiger partial charge in [-0.2, -0.15) is 0 Å². The van der Waals surface area contributed by atoms with Gasteiger partial charge in [-0.3, -0.25) is 4.90 Å². The average molecular weight is 288 g/mol. The van der Waals surface area contributed by atoms with Crippen LogP contribution in [0.4, 0.5) is 5.13 Å². The molecule has 2 aromatic rings. The van der Waals surface area contributed by atoms with Crippen LogP contribution < -0.4 is 5.73 Å². The second-order valence-corrected chi connectivity index (χ2v) is 6.62. The zero-order valence-electron chi connectivity index (χ0n) is 9.52. The normalized spacial score (nSPS) is 11.2. The minimum absolute atomic E-state index is 0.634. The van der Waals surface area contributed by atoms with Gasteiger partial charge in [-0.1, -0.05) is 18.5 Å². The van der Waals surface area contributed by atoms with Crippen molar-refractivity contribution >= 4 is 39.4 Å². The van der Waals surface area contributed by atoms with E-state index in [0.29, 0.717) is 5.13 Å². The molecule has 0 bridgehead atoms. The minimum atomic E-state index is 0.634. The molecule has 17 heavy (non-hydrogen) atoms. The third-order valence-electron chi connectivity index (χ3n) is 2.41. The second-order valence-electron chi connectivity index (χ2n) is 3.67. The summed E-state index contributed by atoms with van der Waals surface area (Å²) in [6, 6.07) is 4.02. The standard InChI is InChI=1S/C11H14ClN3S2/c1-2-15(6-8-3-4-10(12)16-8)7-9-5-14-11(13)17-9/h3-5H,2,6-7H2,1H3,(H2,13,14). The molecule has 0 spiro atoms. The summed E-state index contributed by atoms with van der Waals surface area (Å²) in [5.41, 5.74) is 5.63. The second kappa shape index (κ2) is 5.82. The molecule has 0 unspecified atom stereocenters. The monoisotopic (exact) mass is 287 g/mol. The molecule has 0 aliphatic heterocycles. The van der Waals surface area contributed by atoms with Crippen LogP contribution >= 0.6 is 34.3 Å². The summed E-state index contributed by atoms with van der Waals surface area (Å²) in [6.45, 7) is 4.96. The molecule has 0 aromatic carbocycles. The molecule has 2 aromatic heterocycles. The fourth-order valence-corrected chi connectivity index (χ4v) is 3.41. The predicted molar refractivity (Wildman–Crippen MR) is 75.6 cm³/mol. The molecule has 92 valence electrons. The van der Waals surface area contributed by atoms with Crippen LogP contribution in [0.3, 0.4) is 0 Å². The van der Waals surface area contributed by atoms with Crippen LogP contribution in [0.15, 0.2) is 18.3 Å². The van der Waals surface area contributed by atoms with Crippen LogP contribution in [-0.4, -0.2) is 16.4 Å². The van der Waals surface area contributed by atoms with Crippen molar-refractivity contribution in [3.63, 3.8) is 0 Å². The van der Waals surface area contributed by atoms with E-state index in [4.69, 9.17) is 17.3 Å². The number of aromatic nitrogens is 1. The predicted octanol–water partition coefficient (Wildman–Crippen LogP) is 3.46. The van der Waals surface area contributed by atoms with Gasteiger partial charge in [0.15, 0.2) is 5.13 Å². The van der Waals surface area contributed by atoms with Gasteiger partial charge in [0.1, 0.15) is 0 Å². The van der Waals surface area contributed by atoms with Crippen molar-refractivity contribution in [2.45, 2.75) is 20.0 Å². The van der Waals surface area contributed by atoms with Gasteiger partial charge >= 0.3 is 0 Å². The Balaban J connectivity index is 1.97. The minimum Gasteiger partial charge on any atom is -0.375 e. The van der Waals surface area contributed by atoms with E-state index < -0.39 is 0 Å². The molecule has 6 heteroatoms. The smallest absolute Gasteiger partial charge is 0.180 e. The average Bonchev–Trinajstić information content (AvgIpc) is 2.87. The summed E-state index contributed by atoms with van der Waals surface area (Å²) in [5.74, 6) is 0. The highest BCUT2D eigenvalue weighted by Gasteiger charge is 2.08. The van der Waals surface area contributed by atoms with Gasteiger partial charge in [0.2, 0.25) is 0 Å². The SMILES string of the molecule is CCN(Cc1ccc(Cl)s1)Cc1cnc(N)s1. The summed E-state index contributed by atoms with van der Waals surface area (Å²) in [5, 5.41) is 0.634. The van der Waals surface area contributed by atoms with Gasteiger partial charge in [-0.05, 0) is 18.7 Å². The van der Waals surface area contributed by atoms with Gasteiger partial charge in [0, 0.05) is 29.0 Å². The van der Waals surface area contributed by atoms with Crippen molar-refractivity contribution in [1.29, 1.82) is 0 Å². The van der Waals surface area contributed by atoms with Crippen molar-refractivity contribution in [2.24, 2.45) is 0 Å². The van der Waals surface area contributed by atoms with Crippen LogP contribution in [0.5, 0.6) is 0 Å². The van der Waals surface area contributed by atoms with E-state index in [0.717, 1.165) is 24.0 Å². The van der Waals surface area contributed by atoms with Gasteiger partial charge in [-0.15, -0.1) is 22.7 Å². The summed E-state index contributed by atoms with van der Waals surface area (Å²) in [7, 11) is 0. The Labute approximate surface area is 114 Å². The summed E-state index contributed by atoms with van der Waals surface area (Å²) < 4.78 is 0.845. The summed E-state index contributed by atoms with van der Waals surface area (Å²) >= 11 is 9.11. The van der Waals surface area contributed by atoms with Crippen LogP contribution in [0, 0.1) is 0 Å². The Bertz CT molecular complexity index is 438. The van der Waals surface area contributed by atoms with E-state index in [1.807, 2.05) is 12.3 Å². The number of nitrogen functional groups attached to an aromatic ring is 1. The Hall–Kier alpha value is -0.620. The number of halogens is 1. The zero-order valence-corrected chi connectivity index (χ0v) is 11.9. The van der Waals surface area contributed by atoms with Gasteiger partial charge in [0.05, 0.1) is 4.34 Å². The lowest BCUT2D eigenvalue weighted by molar-refractivity contribution is 0.276. The van der Waals surface area contributed by atoms with Crippen molar-refractivity contribution < 1.29 is 0 Å². The first kappa shape index (κ1) is 12.8. The molecular weight excluding hydrogens is 274 g/mol. The molecule has 0 saturated heterocycles. The maximum atomic E-state index is 5.93. The highest BCUT2D eigenvalue weighted by Crippen LogP contribution is 2.24. The number of hydrogen-bond donors (Lipinski definition) is 1. The lowest BCUT2D eigenvalue weighted by Gasteiger charge is -2.18. The van der Waals surface area contributed by atoms with Crippen molar-refractivity contribution in [3.05, 3.63) is 32.4 Å². The van der Waals surface area contributed by atoms with Crippen molar-refractivity contribution in [3.8, 4) is 0 Å². The van der Waals surface area contributed by atoms with Crippen LogP contribution in [0.1, 0.15) is 16.7 Å². The lowest BCUT2D eigenvalue weighted by atomic mass is 10.4. The first-order valence-corrected chi connectivity index (χ1v) is 7.35.